The number of aryl methyl sites for hydroxylation is 1. The number of nitrogens with one attached hydrogen (secondary N) is 1. The van der Waals surface area contributed by atoms with Crippen LogP contribution in [0.1, 0.15) is 31.9 Å². The van der Waals surface area contributed by atoms with Crippen LogP contribution < -0.4 is 5.32 Å². The molecule has 0 saturated carbocycles. The number of alkyl halides is 3. The molecule has 0 bridgehead atoms. The van der Waals surface area contributed by atoms with E-state index >= 15 is 0 Å². The number of anilines is 1. The van der Waals surface area contributed by atoms with Gasteiger partial charge in [0.15, 0.2) is 5.13 Å². The van der Waals surface area contributed by atoms with Crippen LogP contribution in [0.3, 0.4) is 0 Å². The maximum atomic E-state index is 11.8. The Labute approximate surface area is 96.9 Å². The highest BCUT2D eigenvalue weighted by molar-refractivity contribution is 7.13. The van der Waals surface area contributed by atoms with Crippen molar-refractivity contribution >= 4 is 16.5 Å². The number of halogens is 3. The van der Waals surface area contributed by atoms with E-state index in [1.165, 1.54) is 11.3 Å². The van der Waals surface area contributed by atoms with E-state index in [0.29, 0.717) is 13.0 Å². The Bertz CT molecular complexity index is 309. The number of hydrogen-bond donors (Lipinski definition) is 1. The van der Waals surface area contributed by atoms with E-state index in [1.807, 2.05) is 12.3 Å². The summed E-state index contributed by atoms with van der Waals surface area (Å²) < 4.78 is 35.5. The molecular formula is C10H15F3N2S. The fourth-order valence-electron chi connectivity index (χ4n) is 1.20. The average Bonchev–Trinajstić information content (AvgIpc) is 2.63. The van der Waals surface area contributed by atoms with Gasteiger partial charge in [-0.05, 0) is 19.3 Å². The molecule has 0 atom stereocenters. The summed E-state index contributed by atoms with van der Waals surface area (Å²) >= 11 is 1.49. The SMILES string of the molecule is CCc1csc(NCCCCC(F)(F)F)n1. The van der Waals surface area contributed by atoms with Crippen LogP contribution in [0.5, 0.6) is 0 Å². The first-order valence-corrected chi connectivity index (χ1v) is 6.14. The summed E-state index contributed by atoms with van der Waals surface area (Å²) in [4.78, 5) is 4.26. The van der Waals surface area contributed by atoms with Crippen LogP contribution in [0.2, 0.25) is 0 Å². The predicted molar refractivity (Wildman–Crippen MR) is 59.9 cm³/mol. The number of aromatic nitrogens is 1. The Kier molecular flexibility index (Phi) is 5.05. The summed E-state index contributed by atoms with van der Waals surface area (Å²) in [5.41, 5.74) is 1.02. The van der Waals surface area contributed by atoms with Crippen LogP contribution in [-0.2, 0) is 6.42 Å². The van der Waals surface area contributed by atoms with E-state index in [2.05, 4.69) is 10.3 Å². The van der Waals surface area contributed by atoms with Gasteiger partial charge in [-0.3, -0.25) is 0 Å². The highest BCUT2D eigenvalue weighted by Gasteiger charge is 2.25. The topological polar surface area (TPSA) is 24.9 Å². The molecule has 0 unspecified atom stereocenters. The smallest absolute Gasteiger partial charge is 0.362 e. The van der Waals surface area contributed by atoms with Gasteiger partial charge >= 0.3 is 6.18 Å². The minimum atomic E-state index is -4.03. The van der Waals surface area contributed by atoms with Crippen molar-refractivity contribution in [1.29, 1.82) is 0 Å². The van der Waals surface area contributed by atoms with Gasteiger partial charge in [0.05, 0.1) is 5.69 Å². The maximum Gasteiger partial charge on any atom is 0.389 e. The molecule has 0 aliphatic carbocycles. The summed E-state index contributed by atoms with van der Waals surface area (Å²) in [6.45, 7) is 2.56. The van der Waals surface area contributed by atoms with E-state index in [-0.39, 0.29) is 6.42 Å². The maximum absolute atomic E-state index is 11.8. The standard InChI is InChI=1S/C10H15F3N2S/c1-2-8-7-16-9(15-8)14-6-4-3-5-10(11,12)13/h7H,2-6H2,1H3,(H,14,15). The van der Waals surface area contributed by atoms with E-state index in [1.54, 1.807) is 0 Å². The molecule has 1 rings (SSSR count). The number of thiazole rings is 1. The zero-order chi connectivity index (χ0) is 12.0. The number of hydrogen-bond acceptors (Lipinski definition) is 3. The van der Waals surface area contributed by atoms with Gasteiger partial charge < -0.3 is 5.32 Å². The number of rotatable bonds is 6. The second-order valence-electron chi connectivity index (χ2n) is 3.50. The Balaban J connectivity index is 2.11. The minimum absolute atomic E-state index is 0.169. The van der Waals surface area contributed by atoms with Gasteiger partial charge in [0.1, 0.15) is 0 Å². The third-order valence-electron chi connectivity index (χ3n) is 2.08. The van der Waals surface area contributed by atoms with Crippen molar-refractivity contribution in [2.75, 3.05) is 11.9 Å². The zero-order valence-corrected chi connectivity index (χ0v) is 9.92. The highest BCUT2D eigenvalue weighted by Crippen LogP contribution is 2.22. The monoisotopic (exact) mass is 252 g/mol. The molecule has 0 aliphatic rings. The second-order valence-corrected chi connectivity index (χ2v) is 4.35. The predicted octanol–water partition coefficient (Wildman–Crippen LogP) is 3.85. The molecule has 0 fully saturated rings. The van der Waals surface area contributed by atoms with Gasteiger partial charge in [-0.2, -0.15) is 13.2 Å². The van der Waals surface area contributed by atoms with Crippen LogP contribution in [0.15, 0.2) is 5.38 Å². The van der Waals surface area contributed by atoms with E-state index in [9.17, 15) is 13.2 Å². The van der Waals surface area contributed by atoms with Crippen molar-refractivity contribution < 1.29 is 13.2 Å². The van der Waals surface area contributed by atoms with Crippen LogP contribution in [0.25, 0.3) is 0 Å². The van der Waals surface area contributed by atoms with Crippen molar-refractivity contribution in [3.8, 4) is 0 Å². The van der Waals surface area contributed by atoms with Crippen LogP contribution in [-0.4, -0.2) is 17.7 Å². The normalized spacial score (nSPS) is 11.8. The summed E-state index contributed by atoms with van der Waals surface area (Å²) in [6, 6.07) is 0. The molecule has 0 aliphatic heterocycles. The quantitative estimate of drug-likeness (QED) is 0.778. The fourth-order valence-corrected chi connectivity index (χ4v) is 2.02. The molecule has 1 aromatic heterocycles. The van der Waals surface area contributed by atoms with Crippen molar-refractivity contribution in [2.24, 2.45) is 0 Å². The molecule has 0 spiro atoms. The Morgan fingerprint density at radius 1 is 1.38 bits per heavy atom. The molecule has 1 heterocycles. The fraction of sp³-hybridized carbons (Fsp3) is 0.700. The summed E-state index contributed by atoms with van der Waals surface area (Å²) in [5, 5.41) is 5.78. The van der Waals surface area contributed by atoms with Gasteiger partial charge in [-0.25, -0.2) is 4.98 Å². The summed E-state index contributed by atoms with van der Waals surface area (Å²) in [6.07, 6.45) is -3.17. The molecule has 92 valence electrons. The van der Waals surface area contributed by atoms with Crippen LogP contribution >= 0.6 is 11.3 Å². The minimum Gasteiger partial charge on any atom is -0.362 e. The number of unbranched alkanes of at least 4 members (excludes halogenated alkanes) is 1. The van der Waals surface area contributed by atoms with E-state index < -0.39 is 12.6 Å². The lowest BCUT2D eigenvalue weighted by Gasteiger charge is -2.05. The molecule has 16 heavy (non-hydrogen) atoms. The van der Waals surface area contributed by atoms with Gasteiger partial charge in [0, 0.05) is 18.3 Å². The molecule has 6 heteroatoms. The first kappa shape index (κ1) is 13.3. The molecule has 0 radical (unpaired) electrons. The first-order chi connectivity index (χ1) is 7.51. The van der Waals surface area contributed by atoms with Crippen molar-refractivity contribution in [1.82, 2.24) is 4.98 Å². The lowest BCUT2D eigenvalue weighted by atomic mass is 10.2. The zero-order valence-electron chi connectivity index (χ0n) is 9.10. The Morgan fingerprint density at radius 2 is 2.12 bits per heavy atom. The summed E-state index contributed by atoms with van der Waals surface area (Å²) in [7, 11) is 0. The first-order valence-electron chi connectivity index (χ1n) is 5.26. The van der Waals surface area contributed by atoms with Crippen LogP contribution in [0, 0.1) is 0 Å². The second kappa shape index (κ2) is 6.08. The molecule has 0 amide bonds. The highest BCUT2D eigenvalue weighted by atomic mass is 32.1. The van der Waals surface area contributed by atoms with Gasteiger partial charge in [-0.1, -0.05) is 6.92 Å². The summed E-state index contributed by atoms with van der Waals surface area (Å²) in [5.74, 6) is 0. The molecule has 1 N–H and O–H groups in total. The van der Waals surface area contributed by atoms with Gasteiger partial charge in [0.2, 0.25) is 0 Å². The number of nitrogens with zero attached hydrogens (tertiary/aromatic N) is 1. The van der Waals surface area contributed by atoms with Crippen molar-refractivity contribution in [3.63, 3.8) is 0 Å². The van der Waals surface area contributed by atoms with Gasteiger partial charge in [0.25, 0.3) is 0 Å². The Morgan fingerprint density at radius 3 is 2.69 bits per heavy atom. The van der Waals surface area contributed by atoms with Gasteiger partial charge in [-0.15, -0.1) is 11.3 Å². The lowest BCUT2D eigenvalue weighted by Crippen LogP contribution is -2.08. The molecule has 2 nitrogen and oxygen atoms in total. The average molecular weight is 252 g/mol. The lowest BCUT2D eigenvalue weighted by molar-refractivity contribution is -0.135. The van der Waals surface area contributed by atoms with Crippen LogP contribution in [0.4, 0.5) is 18.3 Å². The Hall–Kier alpha value is -0.780. The van der Waals surface area contributed by atoms with E-state index in [0.717, 1.165) is 17.2 Å². The van der Waals surface area contributed by atoms with Crippen molar-refractivity contribution in [3.05, 3.63) is 11.1 Å². The molecular weight excluding hydrogens is 237 g/mol. The van der Waals surface area contributed by atoms with E-state index in [4.69, 9.17) is 0 Å². The molecule has 0 aromatic carbocycles. The largest absolute Gasteiger partial charge is 0.389 e. The molecule has 0 saturated heterocycles. The van der Waals surface area contributed by atoms with Crippen molar-refractivity contribution in [2.45, 2.75) is 38.8 Å². The third-order valence-corrected chi connectivity index (χ3v) is 2.93. The molecule has 1 aromatic rings. The third kappa shape index (κ3) is 5.34.